The van der Waals surface area contributed by atoms with Gasteiger partial charge in [-0.05, 0) is 0 Å². The average molecular weight is 307 g/mol. The Kier molecular flexibility index (Phi) is 7.05. The molecule has 0 saturated heterocycles. The monoisotopic (exact) mass is 307 g/mol. The second-order valence-corrected chi connectivity index (χ2v) is 5.90. The molecule has 107 valence electrons. The van der Waals surface area contributed by atoms with Crippen molar-refractivity contribution in [2.75, 3.05) is 0 Å². The molecule has 0 aromatic heterocycles. The summed E-state index contributed by atoms with van der Waals surface area (Å²) in [5.41, 5.74) is 4.07. The van der Waals surface area contributed by atoms with Crippen LogP contribution < -0.4 is 0 Å². The van der Waals surface area contributed by atoms with Crippen molar-refractivity contribution in [1.29, 1.82) is 0 Å². The van der Waals surface area contributed by atoms with Crippen molar-refractivity contribution in [2.45, 2.75) is 46.1 Å². The van der Waals surface area contributed by atoms with Gasteiger partial charge in [-0.15, -0.1) is 0 Å². The van der Waals surface area contributed by atoms with Gasteiger partial charge in [-0.3, -0.25) is 0 Å². The molecule has 0 atom stereocenters. The summed E-state index contributed by atoms with van der Waals surface area (Å²) >= 11 is 2.41. The quantitative estimate of drug-likeness (QED) is 0.516. The Morgan fingerprint density at radius 1 is 1.20 bits per heavy atom. The van der Waals surface area contributed by atoms with E-state index in [2.05, 4.69) is 69.5 Å². The molecule has 0 saturated carbocycles. The summed E-state index contributed by atoms with van der Waals surface area (Å²) in [5.74, 6) is 1.92. The zero-order chi connectivity index (χ0) is 15.1. The molecule has 0 spiro atoms. The number of hydrogen-bond donors (Lipinski definition) is 0. The van der Waals surface area contributed by atoms with Crippen LogP contribution in [0.3, 0.4) is 0 Å². The first-order chi connectivity index (χ1) is 9.49. The Morgan fingerprint density at radius 2 is 1.85 bits per heavy atom. The predicted octanol–water partition coefficient (Wildman–Crippen LogP) is 4.87. The second kappa shape index (κ2) is 8.29. The van der Waals surface area contributed by atoms with Gasteiger partial charge in [0.2, 0.25) is 0 Å². The van der Waals surface area contributed by atoms with Crippen LogP contribution in [0.5, 0.6) is 0 Å². The molecule has 0 fully saturated rings. The van der Waals surface area contributed by atoms with Crippen LogP contribution in [0.4, 0.5) is 0 Å². The second-order valence-electron chi connectivity index (χ2n) is 5.50. The van der Waals surface area contributed by atoms with E-state index in [-0.39, 0.29) is 0 Å². The molecule has 1 aromatic carbocycles. The molecule has 0 N–H and O–H groups in total. The summed E-state index contributed by atoms with van der Waals surface area (Å²) in [6, 6.07) is 6.68. The molecule has 0 aliphatic carbocycles. The zero-order valence-corrected chi connectivity index (χ0v) is 14.3. The molecular formula is C18H24OV. The van der Waals surface area contributed by atoms with Gasteiger partial charge in [0, 0.05) is 0 Å². The van der Waals surface area contributed by atoms with Crippen LogP contribution in [-0.2, 0) is 28.3 Å². The van der Waals surface area contributed by atoms with Gasteiger partial charge in [-0.1, -0.05) is 0 Å². The van der Waals surface area contributed by atoms with Gasteiger partial charge in [0.05, 0.1) is 0 Å². The minimum absolute atomic E-state index is 0.532. The fourth-order valence-electron chi connectivity index (χ4n) is 2.15. The van der Waals surface area contributed by atoms with E-state index in [1.54, 1.807) is 6.08 Å². The first-order valence-electron chi connectivity index (χ1n) is 7.05. The van der Waals surface area contributed by atoms with E-state index in [9.17, 15) is 0 Å². The number of benzene rings is 1. The van der Waals surface area contributed by atoms with E-state index < -0.39 is 0 Å². The van der Waals surface area contributed by atoms with E-state index >= 15 is 0 Å². The van der Waals surface area contributed by atoms with Crippen LogP contribution in [0.25, 0.3) is 0 Å². The van der Waals surface area contributed by atoms with E-state index in [1.807, 2.05) is 10.8 Å². The molecule has 0 aliphatic heterocycles. The van der Waals surface area contributed by atoms with Crippen molar-refractivity contribution in [2.24, 2.45) is 0 Å². The Balaban J connectivity index is 2.92. The summed E-state index contributed by atoms with van der Waals surface area (Å²) < 4.78 is 7.66. The molecule has 0 radical (unpaired) electrons. The van der Waals surface area contributed by atoms with Crippen molar-refractivity contribution in [3.05, 3.63) is 59.4 Å². The average Bonchev–Trinajstić information content (AvgIpc) is 2.42. The summed E-state index contributed by atoms with van der Waals surface area (Å²) in [4.78, 5) is 0. The first kappa shape index (κ1) is 17.0. The maximum atomic E-state index is 5.77. The van der Waals surface area contributed by atoms with Crippen molar-refractivity contribution in [3.8, 4) is 0 Å². The van der Waals surface area contributed by atoms with Crippen molar-refractivity contribution in [3.63, 3.8) is 0 Å². The van der Waals surface area contributed by atoms with Gasteiger partial charge in [0.15, 0.2) is 0 Å². The molecule has 0 heterocycles. The maximum absolute atomic E-state index is 5.77. The number of rotatable bonds is 7. The van der Waals surface area contributed by atoms with Crippen molar-refractivity contribution < 1.29 is 21.7 Å². The van der Waals surface area contributed by atoms with Crippen LogP contribution in [0.1, 0.15) is 56.2 Å². The number of hydrogen-bond acceptors (Lipinski definition) is 1. The molecule has 0 unspecified atom stereocenters. The molecule has 0 amide bonds. The van der Waals surface area contributed by atoms with Crippen LogP contribution in [0.15, 0.2) is 42.7 Å². The van der Waals surface area contributed by atoms with Crippen LogP contribution in [0.2, 0.25) is 0 Å². The third kappa shape index (κ3) is 4.81. The zero-order valence-electron chi connectivity index (χ0n) is 12.9. The molecule has 0 bridgehead atoms. The molecule has 0 aliphatic rings. The van der Waals surface area contributed by atoms with Gasteiger partial charge in [0.1, 0.15) is 0 Å². The molecule has 1 rings (SSSR count). The Labute approximate surface area is 132 Å². The van der Waals surface area contributed by atoms with Crippen molar-refractivity contribution in [1.82, 2.24) is 0 Å². The predicted molar refractivity (Wildman–Crippen MR) is 83.8 cm³/mol. The molecule has 1 nitrogen and oxygen atoms in total. The van der Waals surface area contributed by atoms with Crippen LogP contribution in [-0.4, -0.2) is 4.73 Å². The standard InChI is InChI=1S/C18H24O.V/c1-7-8-15(6)19-12-16-9-10-17(13(2)3)18(11-16)14(4)5;/h6-11,13-14H,1,12H2,2-5H3;. The fourth-order valence-corrected chi connectivity index (χ4v) is 2.40. The third-order valence-corrected chi connectivity index (χ3v) is 3.61. The summed E-state index contributed by atoms with van der Waals surface area (Å²) in [6.45, 7) is 13.2. The molecular weight excluding hydrogens is 283 g/mol. The topological polar surface area (TPSA) is 9.23 Å². The van der Waals surface area contributed by atoms with E-state index in [4.69, 9.17) is 4.74 Å². The summed E-state index contributed by atoms with van der Waals surface area (Å²) in [7, 11) is 0. The Bertz CT molecular complexity index is 498. The fraction of sp³-hybridized carbons (Fsp3) is 0.389. The van der Waals surface area contributed by atoms with Gasteiger partial charge >= 0.3 is 132 Å². The first-order valence-corrected chi connectivity index (χ1v) is 7.85. The molecule has 2 heteroatoms. The number of allylic oxidation sites excluding steroid dienone is 3. The molecule has 1 aromatic rings. The minimum atomic E-state index is 0.532. The summed E-state index contributed by atoms with van der Waals surface area (Å²) in [5, 5.41) is 0. The van der Waals surface area contributed by atoms with Gasteiger partial charge in [0.25, 0.3) is 0 Å². The van der Waals surface area contributed by atoms with Crippen LogP contribution >= 0.6 is 0 Å². The normalized spacial score (nSPS) is 11.8. The van der Waals surface area contributed by atoms with E-state index in [0.29, 0.717) is 18.4 Å². The summed E-state index contributed by atoms with van der Waals surface area (Å²) in [6.07, 6.45) is 3.60. The number of ether oxygens (including phenoxy) is 1. The van der Waals surface area contributed by atoms with Gasteiger partial charge in [-0.25, -0.2) is 0 Å². The van der Waals surface area contributed by atoms with Crippen LogP contribution in [0, 0.1) is 0 Å². The van der Waals surface area contributed by atoms with Crippen molar-refractivity contribution >= 4 is 4.73 Å². The van der Waals surface area contributed by atoms with Gasteiger partial charge < -0.3 is 0 Å². The third-order valence-electron chi connectivity index (χ3n) is 3.21. The SMILES string of the molecule is C=CC=C([CH]=[V])OCc1ccc(C(C)C)c(C(C)C)c1. The van der Waals surface area contributed by atoms with E-state index in [0.717, 1.165) is 5.76 Å². The Hall–Kier alpha value is -1.05. The molecule has 20 heavy (non-hydrogen) atoms. The van der Waals surface area contributed by atoms with Gasteiger partial charge in [-0.2, -0.15) is 0 Å². The van der Waals surface area contributed by atoms with E-state index in [1.165, 1.54) is 16.7 Å². The Morgan fingerprint density at radius 3 is 2.35 bits per heavy atom.